The predicted octanol–water partition coefficient (Wildman–Crippen LogP) is 4.66. The molecule has 27 heavy (non-hydrogen) atoms. The van der Waals surface area contributed by atoms with Gasteiger partial charge in [0.15, 0.2) is 11.5 Å². The van der Waals surface area contributed by atoms with Crippen LogP contribution in [0.1, 0.15) is 31.4 Å². The van der Waals surface area contributed by atoms with E-state index >= 15 is 0 Å². The number of hydrogen-bond acceptors (Lipinski definition) is 4. The quantitative estimate of drug-likeness (QED) is 0.473. The Balaban J connectivity index is 2.01. The van der Waals surface area contributed by atoms with Crippen molar-refractivity contribution in [2.45, 2.75) is 33.4 Å². The van der Waals surface area contributed by atoms with Crippen molar-refractivity contribution in [2.75, 3.05) is 26.2 Å². The van der Waals surface area contributed by atoms with E-state index in [1.807, 2.05) is 19.1 Å². The molecule has 0 spiro atoms. The molecule has 0 heterocycles. The van der Waals surface area contributed by atoms with Gasteiger partial charge in [0.05, 0.1) is 11.1 Å². The predicted molar refractivity (Wildman–Crippen MR) is 111 cm³/mol. The second-order valence-electron chi connectivity index (χ2n) is 6.10. The third-order valence-corrected chi connectivity index (χ3v) is 4.57. The number of nitrogens with one attached hydrogen (secondary N) is 2. The average Bonchev–Trinajstić information content (AvgIpc) is 2.65. The van der Waals surface area contributed by atoms with Crippen LogP contribution in [0, 0.1) is 5.82 Å². The highest BCUT2D eigenvalue weighted by molar-refractivity contribution is 9.10. The van der Waals surface area contributed by atoms with Gasteiger partial charge in [0.25, 0.3) is 0 Å². The van der Waals surface area contributed by atoms with Crippen molar-refractivity contribution in [2.24, 2.45) is 0 Å². The van der Waals surface area contributed by atoms with Gasteiger partial charge in [0.2, 0.25) is 0 Å². The molecule has 148 valence electrons. The SMILES string of the molecule is CCNCCCNCc1cc(Br)c(OCc2ccccc2F)c(OCC)c1. The van der Waals surface area contributed by atoms with Gasteiger partial charge in [0.1, 0.15) is 12.4 Å². The molecule has 0 amide bonds. The van der Waals surface area contributed by atoms with E-state index in [-0.39, 0.29) is 12.4 Å². The summed E-state index contributed by atoms with van der Waals surface area (Å²) in [6, 6.07) is 10.6. The maximum atomic E-state index is 13.8. The van der Waals surface area contributed by atoms with Crippen LogP contribution in [0.25, 0.3) is 0 Å². The Labute approximate surface area is 169 Å². The second kappa shape index (κ2) is 12.0. The minimum atomic E-state index is -0.273. The molecular weight excluding hydrogens is 411 g/mol. The summed E-state index contributed by atoms with van der Waals surface area (Å²) in [7, 11) is 0. The molecule has 0 saturated carbocycles. The largest absolute Gasteiger partial charge is 0.490 e. The van der Waals surface area contributed by atoms with E-state index in [9.17, 15) is 4.39 Å². The van der Waals surface area contributed by atoms with Crippen molar-refractivity contribution in [3.63, 3.8) is 0 Å². The molecular formula is C21H28BrFN2O2. The molecule has 0 atom stereocenters. The van der Waals surface area contributed by atoms with Crippen molar-refractivity contribution in [1.29, 1.82) is 0 Å². The molecule has 0 radical (unpaired) electrons. The lowest BCUT2D eigenvalue weighted by molar-refractivity contribution is 0.264. The molecule has 6 heteroatoms. The first kappa shape index (κ1) is 21.7. The van der Waals surface area contributed by atoms with E-state index in [0.29, 0.717) is 23.7 Å². The molecule has 0 aliphatic rings. The lowest BCUT2D eigenvalue weighted by Gasteiger charge is -2.16. The van der Waals surface area contributed by atoms with Gasteiger partial charge < -0.3 is 20.1 Å². The maximum Gasteiger partial charge on any atom is 0.175 e. The maximum absolute atomic E-state index is 13.8. The fourth-order valence-corrected chi connectivity index (χ4v) is 3.24. The molecule has 2 N–H and O–H groups in total. The highest BCUT2D eigenvalue weighted by atomic mass is 79.9. The topological polar surface area (TPSA) is 42.5 Å². The highest BCUT2D eigenvalue weighted by Crippen LogP contribution is 2.37. The molecule has 0 saturated heterocycles. The van der Waals surface area contributed by atoms with Crippen LogP contribution in [0.5, 0.6) is 11.5 Å². The van der Waals surface area contributed by atoms with E-state index in [1.54, 1.807) is 18.2 Å². The minimum absolute atomic E-state index is 0.146. The number of ether oxygens (including phenoxy) is 2. The molecule has 0 fully saturated rings. The van der Waals surface area contributed by atoms with Crippen molar-refractivity contribution in [3.05, 3.63) is 57.8 Å². The van der Waals surface area contributed by atoms with Gasteiger partial charge in [-0.15, -0.1) is 0 Å². The van der Waals surface area contributed by atoms with Crippen LogP contribution in [0.4, 0.5) is 4.39 Å². The zero-order valence-electron chi connectivity index (χ0n) is 16.0. The number of benzene rings is 2. The van der Waals surface area contributed by atoms with Gasteiger partial charge in [-0.3, -0.25) is 0 Å². The molecule has 4 nitrogen and oxygen atoms in total. The average molecular weight is 439 g/mol. The van der Waals surface area contributed by atoms with Crippen molar-refractivity contribution >= 4 is 15.9 Å². The highest BCUT2D eigenvalue weighted by Gasteiger charge is 2.13. The van der Waals surface area contributed by atoms with Gasteiger partial charge in [-0.05, 0) is 72.7 Å². The van der Waals surface area contributed by atoms with Crippen LogP contribution in [-0.4, -0.2) is 26.2 Å². The van der Waals surface area contributed by atoms with Crippen LogP contribution in [0.3, 0.4) is 0 Å². The lowest BCUT2D eigenvalue weighted by Crippen LogP contribution is -2.21. The van der Waals surface area contributed by atoms with Crippen LogP contribution in [-0.2, 0) is 13.2 Å². The smallest absolute Gasteiger partial charge is 0.175 e. The lowest BCUT2D eigenvalue weighted by atomic mass is 10.2. The minimum Gasteiger partial charge on any atom is -0.490 e. The monoisotopic (exact) mass is 438 g/mol. The Morgan fingerprint density at radius 3 is 2.56 bits per heavy atom. The fourth-order valence-electron chi connectivity index (χ4n) is 2.64. The summed E-state index contributed by atoms with van der Waals surface area (Å²) >= 11 is 3.57. The molecule has 0 aromatic heterocycles. The third-order valence-electron chi connectivity index (χ3n) is 3.99. The van der Waals surface area contributed by atoms with Crippen LogP contribution in [0.2, 0.25) is 0 Å². The van der Waals surface area contributed by atoms with Crippen molar-refractivity contribution in [1.82, 2.24) is 10.6 Å². The standard InChI is InChI=1S/C21H28BrFN2O2/c1-3-24-10-7-11-25-14-16-12-18(22)21(20(13-16)26-4-2)27-15-17-8-5-6-9-19(17)23/h5-6,8-9,12-13,24-25H,3-4,7,10-11,14-15H2,1-2H3. The molecule has 0 bridgehead atoms. The summed E-state index contributed by atoms with van der Waals surface area (Å²) in [4.78, 5) is 0. The Kier molecular flexibility index (Phi) is 9.59. The van der Waals surface area contributed by atoms with Gasteiger partial charge in [-0.25, -0.2) is 4.39 Å². The fraction of sp³-hybridized carbons (Fsp3) is 0.429. The summed E-state index contributed by atoms with van der Waals surface area (Å²) in [5.74, 6) is 0.980. The summed E-state index contributed by atoms with van der Waals surface area (Å²) in [5.41, 5.74) is 1.62. The van der Waals surface area contributed by atoms with Crippen LogP contribution < -0.4 is 20.1 Å². The van der Waals surface area contributed by atoms with Gasteiger partial charge >= 0.3 is 0 Å². The molecule has 0 aliphatic carbocycles. The summed E-state index contributed by atoms with van der Waals surface area (Å²) < 4.78 is 26.2. The molecule has 0 unspecified atom stereocenters. The first-order chi connectivity index (χ1) is 13.2. The van der Waals surface area contributed by atoms with E-state index < -0.39 is 0 Å². The van der Waals surface area contributed by atoms with Crippen molar-refractivity contribution < 1.29 is 13.9 Å². The first-order valence-electron chi connectivity index (χ1n) is 9.38. The summed E-state index contributed by atoms with van der Waals surface area (Å²) in [5, 5.41) is 6.75. The Morgan fingerprint density at radius 2 is 1.81 bits per heavy atom. The van der Waals surface area contributed by atoms with E-state index in [4.69, 9.17) is 9.47 Å². The normalized spacial score (nSPS) is 10.8. The van der Waals surface area contributed by atoms with E-state index in [2.05, 4.69) is 33.5 Å². The van der Waals surface area contributed by atoms with Crippen molar-refractivity contribution in [3.8, 4) is 11.5 Å². The number of halogens is 2. The van der Waals surface area contributed by atoms with E-state index in [1.165, 1.54) is 6.07 Å². The van der Waals surface area contributed by atoms with Gasteiger partial charge in [0, 0.05) is 12.1 Å². The number of hydrogen-bond donors (Lipinski definition) is 2. The number of rotatable bonds is 12. The second-order valence-corrected chi connectivity index (χ2v) is 6.96. The molecule has 2 aromatic rings. The molecule has 2 rings (SSSR count). The van der Waals surface area contributed by atoms with Crippen LogP contribution >= 0.6 is 15.9 Å². The molecule has 0 aliphatic heterocycles. The van der Waals surface area contributed by atoms with E-state index in [0.717, 1.165) is 42.6 Å². The molecule has 2 aromatic carbocycles. The summed E-state index contributed by atoms with van der Waals surface area (Å²) in [6.45, 7) is 8.42. The summed E-state index contributed by atoms with van der Waals surface area (Å²) in [6.07, 6.45) is 1.08. The Hall–Kier alpha value is -1.63. The third kappa shape index (κ3) is 7.13. The zero-order chi connectivity index (χ0) is 19.5. The van der Waals surface area contributed by atoms with Gasteiger partial charge in [-0.2, -0.15) is 0 Å². The Morgan fingerprint density at radius 1 is 1.04 bits per heavy atom. The van der Waals surface area contributed by atoms with Gasteiger partial charge in [-0.1, -0.05) is 25.1 Å². The first-order valence-corrected chi connectivity index (χ1v) is 10.2. The van der Waals surface area contributed by atoms with Crippen LogP contribution in [0.15, 0.2) is 40.9 Å². The zero-order valence-corrected chi connectivity index (χ0v) is 17.6. The Bertz CT molecular complexity index is 713.